The van der Waals surface area contributed by atoms with Crippen LogP contribution in [0.5, 0.6) is 11.5 Å². The van der Waals surface area contributed by atoms with E-state index in [4.69, 9.17) is 4.74 Å². The van der Waals surface area contributed by atoms with Crippen LogP contribution in [0.15, 0.2) is 114 Å². The number of nitrogens with zero attached hydrogens (tertiary/aromatic N) is 2. The van der Waals surface area contributed by atoms with Gasteiger partial charge in [0.1, 0.15) is 17.5 Å². The van der Waals surface area contributed by atoms with E-state index in [-0.39, 0.29) is 24.4 Å². The van der Waals surface area contributed by atoms with Gasteiger partial charge in [0.15, 0.2) is 0 Å². The summed E-state index contributed by atoms with van der Waals surface area (Å²) in [5.41, 5.74) is 5.58. The SMILES string of the molecule is CCN1C(=O)NC(c2cccc(Oc3ccccc3)c2)C2=C1CN(C(Cc1ccccc1)C(=O)Nc1ccc(C)c(C)c1)C2=O. The van der Waals surface area contributed by atoms with Gasteiger partial charge in [0.05, 0.1) is 23.9 Å². The molecule has 0 aliphatic carbocycles. The fourth-order valence-electron chi connectivity index (χ4n) is 5.96. The minimum Gasteiger partial charge on any atom is -0.457 e. The fraction of sp³-hybridized carbons (Fsp3) is 0.216. The smallest absolute Gasteiger partial charge is 0.322 e. The maximum absolute atomic E-state index is 14.4. The number of aryl methyl sites for hydroxylation is 2. The molecule has 4 aromatic carbocycles. The van der Waals surface area contributed by atoms with E-state index in [0.29, 0.717) is 41.4 Å². The van der Waals surface area contributed by atoms with Crippen LogP contribution in [0.1, 0.15) is 35.2 Å². The average Bonchev–Trinajstić information content (AvgIpc) is 3.38. The van der Waals surface area contributed by atoms with E-state index in [1.165, 1.54) is 0 Å². The largest absolute Gasteiger partial charge is 0.457 e. The van der Waals surface area contributed by atoms with Gasteiger partial charge in [0.2, 0.25) is 5.91 Å². The Bertz CT molecular complexity index is 1770. The fourth-order valence-corrected chi connectivity index (χ4v) is 5.96. The van der Waals surface area contributed by atoms with Crippen LogP contribution in [0.3, 0.4) is 0 Å². The molecule has 0 bridgehead atoms. The van der Waals surface area contributed by atoms with Gasteiger partial charge in [0, 0.05) is 18.7 Å². The average molecular weight is 601 g/mol. The van der Waals surface area contributed by atoms with Gasteiger partial charge in [-0.05, 0) is 79.4 Å². The summed E-state index contributed by atoms with van der Waals surface area (Å²) < 4.78 is 6.06. The number of carbonyl (C=O) groups is 3. The van der Waals surface area contributed by atoms with Crippen molar-refractivity contribution in [1.29, 1.82) is 0 Å². The maximum Gasteiger partial charge on any atom is 0.322 e. The second-order valence-corrected chi connectivity index (χ2v) is 11.4. The van der Waals surface area contributed by atoms with E-state index in [1.54, 1.807) is 9.80 Å². The Labute approximate surface area is 263 Å². The first-order chi connectivity index (χ1) is 21.8. The van der Waals surface area contributed by atoms with E-state index in [1.807, 2.05) is 124 Å². The number of ether oxygens (including phenoxy) is 1. The summed E-state index contributed by atoms with van der Waals surface area (Å²) in [4.78, 5) is 45.0. The molecule has 0 aromatic heterocycles. The normalized spacial score (nSPS) is 16.7. The Morgan fingerprint density at radius 1 is 0.889 bits per heavy atom. The predicted octanol–water partition coefficient (Wildman–Crippen LogP) is 6.53. The number of para-hydroxylation sites is 1. The summed E-state index contributed by atoms with van der Waals surface area (Å²) in [6, 6.07) is 30.5. The quantitative estimate of drug-likeness (QED) is 0.229. The first-order valence-corrected chi connectivity index (χ1v) is 15.2. The lowest BCUT2D eigenvalue weighted by Gasteiger charge is -2.33. The van der Waals surface area contributed by atoms with Crippen LogP contribution in [-0.2, 0) is 16.0 Å². The third-order valence-electron chi connectivity index (χ3n) is 8.46. The molecule has 2 atom stereocenters. The molecule has 0 fully saturated rings. The number of anilines is 1. The van der Waals surface area contributed by atoms with Gasteiger partial charge in [0.25, 0.3) is 5.91 Å². The predicted molar refractivity (Wildman–Crippen MR) is 174 cm³/mol. The molecule has 2 N–H and O–H groups in total. The van der Waals surface area contributed by atoms with Gasteiger partial charge in [-0.3, -0.25) is 14.5 Å². The summed E-state index contributed by atoms with van der Waals surface area (Å²) >= 11 is 0. The van der Waals surface area contributed by atoms with Crippen molar-refractivity contribution in [3.63, 3.8) is 0 Å². The standard InChI is InChI=1S/C37H36N4O4/c1-4-40-32-23-41(31(21-26-12-7-5-8-13-26)35(42)38-28-19-18-24(2)25(3)20-28)36(43)33(32)34(39-37(40)44)27-14-11-17-30(22-27)45-29-15-9-6-10-16-29/h5-20,22,31,34H,4,21,23H2,1-3H3,(H,38,42)(H,39,44). The zero-order valence-corrected chi connectivity index (χ0v) is 25.6. The lowest BCUT2D eigenvalue weighted by atomic mass is 9.95. The van der Waals surface area contributed by atoms with Crippen molar-refractivity contribution in [3.8, 4) is 11.5 Å². The molecule has 2 aliphatic rings. The number of amides is 4. The highest BCUT2D eigenvalue weighted by Crippen LogP contribution is 2.38. The molecule has 0 radical (unpaired) electrons. The maximum atomic E-state index is 14.4. The van der Waals surface area contributed by atoms with Crippen molar-refractivity contribution < 1.29 is 19.1 Å². The third kappa shape index (κ3) is 6.17. The molecule has 4 amide bonds. The van der Waals surface area contributed by atoms with Crippen molar-refractivity contribution in [2.24, 2.45) is 0 Å². The molecular formula is C37H36N4O4. The lowest BCUT2D eigenvalue weighted by Crippen LogP contribution is -2.47. The molecule has 8 nitrogen and oxygen atoms in total. The molecule has 228 valence electrons. The molecule has 0 saturated carbocycles. The molecule has 6 rings (SSSR count). The first kappa shape index (κ1) is 29.7. The summed E-state index contributed by atoms with van der Waals surface area (Å²) in [7, 11) is 0. The number of hydrogen-bond acceptors (Lipinski definition) is 4. The zero-order chi connectivity index (χ0) is 31.5. The molecule has 4 aromatic rings. The van der Waals surface area contributed by atoms with Crippen molar-refractivity contribution in [3.05, 3.63) is 137 Å². The van der Waals surface area contributed by atoms with E-state index in [2.05, 4.69) is 10.6 Å². The Kier molecular flexibility index (Phi) is 8.38. The van der Waals surface area contributed by atoms with Gasteiger partial charge in [-0.2, -0.15) is 0 Å². The van der Waals surface area contributed by atoms with Crippen LogP contribution >= 0.6 is 0 Å². The van der Waals surface area contributed by atoms with Crippen molar-refractivity contribution in [1.82, 2.24) is 15.1 Å². The topological polar surface area (TPSA) is 91.0 Å². The minimum atomic E-state index is -0.811. The number of carbonyl (C=O) groups excluding carboxylic acids is 3. The van der Waals surface area contributed by atoms with Crippen LogP contribution in [0.4, 0.5) is 10.5 Å². The Balaban J connectivity index is 1.34. The molecule has 2 unspecified atom stereocenters. The molecule has 0 spiro atoms. The van der Waals surface area contributed by atoms with Crippen LogP contribution in [0.2, 0.25) is 0 Å². The van der Waals surface area contributed by atoms with Crippen LogP contribution in [-0.4, -0.2) is 46.8 Å². The highest BCUT2D eigenvalue weighted by Gasteiger charge is 2.47. The second kappa shape index (κ2) is 12.7. The molecular weight excluding hydrogens is 564 g/mol. The Morgan fingerprint density at radius 2 is 1.60 bits per heavy atom. The van der Waals surface area contributed by atoms with Crippen LogP contribution < -0.4 is 15.4 Å². The van der Waals surface area contributed by atoms with Gasteiger partial charge in [-0.25, -0.2) is 4.79 Å². The van der Waals surface area contributed by atoms with Gasteiger partial charge in [-0.15, -0.1) is 0 Å². The minimum absolute atomic E-state index is 0.143. The van der Waals surface area contributed by atoms with E-state index < -0.39 is 12.1 Å². The van der Waals surface area contributed by atoms with E-state index in [0.717, 1.165) is 22.3 Å². The number of rotatable bonds is 9. The monoisotopic (exact) mass is 600 g/mol. The van der Waals surface area contributed by atoms with Crippen LogP contribution in [0.25, 0.3) is 0 Å². The van der Waals surface area contributed by atoms with Crippen molar-refractivity contribution in [2.75, 3.05) is 18.4 Å². The first-order valence-electron chi connectivity index (χ1n) is 15.2. The number of urea groups is 1. The summed E-state index contributed by atoms with van der Waals surface area (Å²) in [6.45, 7) is 6.42. The summed E-state index contributed by atoms with van der Waals surface area (Å²) in [5, 5.41) is 6.09. The van der Waals surface area contributed by atoms with Crippen molar-refractivity contribution >= 4 is 23.5 Å². The van der Waals surface area contributed by atoms with E-state index >= 15 is 0 Å². The highest BCUT2D eigenvalue weighted by atomic mass is 16.5. The summed E-state index contributed by atoms with van der Waals surface area (Å²) in [5.74, 6) is 0.706. The molecule has 2 heterocycles. The molecule has 2 aliphatic heterocycles. The second-order valence-electron chi connectivity index (χ2n) is 11.4. The van der Waals surface area contributed by atoms with Gasteiger partial charge >= 0.3 is 6.03 Å². The molecule has 0 saturated heterocycles. The van der Waals surface area contributed by atoms with Crippen LogP contribution in [0, 0.1) is 13.8 Å². The molecule has 8 heteroatoms. The summed E-state index contributed by atoms with van der Waals surface area (Å²) in [6.07, 6.45) is 0.322. The number of hydrogen-bond donors (Lipinski definition) is 2. The van der Waals surface area contributed by atoms with Gasteiger partial charge in [-0.1, -0.05) is 66.7 Å². The zero-order valence-electron chi connectivity index (χ0n) is 25.6. The Morgan fingerprint density at radius 3 is 2.31 bits per heavy atom. The number of likely N-dealkylation sites (N-methyl/N-ethyl adjacent to an activating group) is 1. The number of benzene rings is 4. The highest BCUT2D eigenvalue weighted by molar-refractivity contribution is 6.05. The lowest BCUT2D eigenvalue weighted by molar-refractivity contribution is -0.134. The third-order valence-corrected chi connectivity index (χ3v) is 8.46. The van der Waals surface area contributed by atoms with Crippen molar-refractivity contribution in [2.45, 2.75) is 39.3 Å². The van der Waals surface area contributed by atoms with Gasteiger partial charge < -0.3 is 20.3 Å². The Hall–Kier alpha value is -5.37. The van der Waals surface area contributed by atoms with E-state index in [9.17, 15) is 14.4 Å². The number of nitrogens with one attached hydrogen (secondary N) is 2. The molecule has 45 heavy (non-hydrogen) atoms.